The van der Waals surface area contributed by atoms with E-state index >= 15 is 0 Å². The number of aromatic amines is 1. The fraction of sp³-hybridized carbons (Fsp3) is 0.273. The summed E-state index contributed by atoms with van der Waals surface area (Å²) in [6.07, 6.45) is 6.14. The molecular weight excluding hydrogens is 360 g/mol. The van der Waals surface area contributed by atoms with E-state index in [1.54, 1.807) is 12.4 Å². The van der Waals surface area contributed by atoms with Crippen molar-refractivity contribution >= 4 is 31.8 Å². The Morgan fingerprint density at radius 1 is 1.38 bits per heavy atom. The Balaban J connectivity index is 1.99. The summed E-state index contributed by atoms with van der Waals surface area (Å²) in [5, 5.41) is 0. The minimum absolute atomic E-state index is 0.00243. The molecule has 10 heteroatoms. The molecule has 114 valence electrons. The van der Waals surface area contributed by atoms with Gasteiger partial charge in [-0.1, -0.05) is 0 Å². The Morgan fingerprint density at radius 2 is 2.19 bits per heavy atom. The van der Waals surface area contributed by atoms with E-state index in [1.165, 1.54) is 12.3 Å². The summed E-state index contributed by atoms with van der Waals surface area (Å²) in [5.74, 6) is 6.20. The minimum Gasteiger partial charge on any atom is -0.349 e. The number of hydrogen-bond donors (Lipinski definition) is 4. The van der Waals surface area contributed by atoms with Crippen molar-refractivity contribution in [2.75, 3.05) is 12.0 Å². The second-order valence-electron chi connectivity index (χ2n) is 4.18. The molecule has 0 aliphatic carbocycles. The summed E-state index contributed by atoms with van der Waals surface area (Å²) in [4.78, 5) is 10.9. The van der Waals surface area contributed by atoms with Crippen LogP contribution in [0.5, 0.6) is 0 Å². The van der Waals surface area contributed by atoms with Crippen LogP contribution in [0.15, 0.2) is 34.0 Å². The number of nitrogen functional groups attached to an aromatic ring is 1. The summed E-state index contributed by atoms with van der Waals surface area (Å²) in [7, 11) is -3.68. The number of aryl methyl sites for hydroxylation is 1. The molecule has 0 radical (unpaired) electrons. The van der Waals surface area contributed by atoms with Crippen molar-refractivity contribution in [2.45, 2.75) is 17.7 Å². The van der Waals surface area contributed by atoms with Gasteiger partial charge in [0.2, 0.25) is 10.0 Å². The Hall–Kier alpha value is -1.49. The van der Waals surface area contributed by atoms with Gasteiger partial charge in [0.25, 0.3) is 0 Å². The third-order valence-electron chi connectivity index (χ3n) is 2.68. The summed E-state index contributed by atoms with van der Waals surface area (Å²) in [6, 6.07) is 1.44. The normalized spacial score (nSPS) is 11.5. The van der Waals surface area contributed by atoms with Crippen LogP contribution in [-0.2, 0) is 16.4 Å². The van der Waals surface area contributed by atoms with E-state index in [4.69, 9.17) is 5.84 Å². The molecule has 0 saturated carbocycles. The molecule has 0 amide bonds. The van der Waals surface area contributed by atoms with Gasteiger partial charge in [-0.15, -0.1) is 0 Å². The second-order valence-corrected chi connectivity index (χ2v) is 6.83. The molecule has 0 atom stereocenters. The van der Waals surface area contributed by atoms with Crippen molar-refractivity contribution < 1.29 is 8.42 Å². The highest BCUT2D eigenvalue weighted by atomic mass is 79.9. The molecule has 0 fully saturated rings. The van der Waals surface area contributed by atoms with Gasteiger partial charge in [0, 0.05) is 36.0 Å². The molecule has 2 rings (SSSR count). The Labute approximate surface area is 130 Å². The highest BCUT2D eigenvalue weighted by Crippen LogP contribution is 2.21. The predicted molar refractivity (Wildman–Crippen MR) is 81.8 cm³/mol. The maximum Gasteiger partial charge on any atom is 0.244 e. The van der Waals surface area contributed by atoms with E-state index < -0.39 is 10.0 Å². The number of nitrogens with two attached hydrogens (primary N) is 1. The maximum atomic E-state index is 12.2. The Bertz CT molecular complexity index is 689. The van der Waals surface area contributed by atoms with Gasteiger partial charge in [0.1, 0.15) is 10.7 Å². The first-order valence-electron chi connectivity index (χ1n) is 6.13. The van der Waals surface area contributed by atoms with Crippen molar-refractivity contribution in [3.63, 3.8) is 0 Å². The fourth-order valence-electron chi connectivity index (χ4n) is 1.71. The highest BCUT2D eigenvalue weighted by molar-refractivity contribution is 9.10. The van der Waals surface area contributed by atoms with Crippen molar-refractivity contribution in [3.05, 3.63) is 35.0 Å². The van der Waals surface area contributed by atoms with Gasteiger partial charge >= 0.3 is 0 Å². The van der Waals surface area contributed by atoms with Gasteiger partial charge in [-0.2, -0.15) is 0 Å². The zero-order chi connectivity index (χ0) is 15.3. The molecule has 0 saturated heterocycles. The number of H-pyrrole nitrogens is 1. The lowest BCUT2D eigenvalue weighted by Crippen LogP contribution is -2.27. The van der Waals surface area contributed by atoms with E-state index in [0.29, 0.717) is 23.9 Å². The summed E-state index contributed by atoms with van der Waals surface area (Å²) in [6.45, 7) is 0.291. The zero-order valence-corrected chi connectivity index (χ0v) is 13.4. The average molecular weight is 375 g/mol. The zero-order valence-electron chi connectivity index (χ0n) is 11.0. The van der Waals surface area contributed by atoms with Gasteiger partial charge in [0.15, 0.2) is 5.82 Å². The van der Waals surface area contributed by atoms with Crippen LogP contribution in [0.2, 0.25) is 0 Å². The molecule has 5 N–H and O–H groups in total. The molecule has 0 aromatic carbocycles. The lowest BCUT2D eigenvalue weighted by atomic mass is 10.3. The van der Waals surface area contributed by atoms with Crippen LogP contribution in [0.25, 0.3) is 0 Å². The molecule has 0 spiro atoms. The first-order valence-corrected chi connectivity index (χ1v) is 8.40. The fourth-order valence-corrected chi connectivity index (χ4v) is 3.41. The summed E-state index contributed by atoms with van der Waals surface area (Å²) in [5.41, 5.74) is 2.28. The average Bonchev–Trinajstić information content (AvgIpc) is 2.97. The number of nitrogens with zero attached hydrogens (tertiary/aromatic N) is 2. The summed E-state index contributed by atoms with van der Waals surface area (Å²) >= 11 is 3.19. The SMILES string of the molecule is NNc1ncc(Br)cc1S(=O)(=O)NCCCc1ncc[nH]1. The molecule has 2 aromatic rings. The Morgan fingerprint density at radius 3 is 2.86 bits per heavy atom. The van der Waals surface area contributed by atoms with Gasteiger partial charge in [-0.25, -0.2) is 29.0 Å². The first kappa shape index (κ1) is 15.9. The van der Waals surface area contributed by atoms with Gasteiger partial charge in [-0.05, 0) is 28.4 Å². The van der Waals surface area contributed by atoms with Gasteiger partial charge < -0.3 is 10.4 Å². The first-order chi connectivity index (χ1) is 10.0. The minimum atomic E-state index is -3.68. The second kappa shape index (κ2) is 6.98. The molecular formula is C11H15BrN6O2S. The molecule has 2 heterocycles. The topological polar surface area (TPSA) is 126 Å². The summed E-state index contributed by atoms with van der Waals surface area (Å²) < 4.78 is 27.5. The smallest absolute Gasteiger partial charge is 0.244 e. The maximum absolute atomic E-state index is 12.2. The van der Waals surface area contributed by atoms with Crippen LogP contribution in [0.4, 0.5) is 5.82 Å². The lowest BCUT2D eigenvalue weighted by molar-refractivity contribution is 0.578. The molecule has 21 heavy (non-hydrogen) atoms. The molecule has 0 bridgehead atoms. The molecule has 8 nitrogen and oxygen atoms in total. The van der Waals surface area contributed by atoms with Crippen LogP contribution in [0.3, 0.4) is 0 Å². The predicted octanol–water partition coefficient (Wildman–Crippen LogP) is 0.764. The van der Waals surface area contributed by atoms with Crippen LogP contribution in [0.1, 0.15) is 12.2 Å². The number of hydrazine groups is 1. The third kappa shape index (κ3) is 4.24. The molecule has 0 aliphatic rings. The lowest BCUT2D eigenvalue weighted by Gasteiger charge is -2.10. The van der Waals surface area contributed by atoms with Gasteiger partial charge in [0.05, 0.1) is 0 Å². The molecule has 0 aliphatic heterocycles. The van der Waals surface area contributed by atoms with E-state index in [0.717, 1.165) is 5.82 Å². The van der Waals surface area contributed by atoms with Crippen molar-refractivity contribution in [3.8, 4) is 0 Å². The van der Waals surface area contributed by atoms with E-state index in [2.05, 4.69) is 41.0 Å². The van der Waals surface area contributed by atoms with Crippen LogP contribution in [0, 0.1) is 0 Å². The van der Waals surface area contributed by atoms with Crippen molar-refractivity contribution in [1.29, 1.82) is 0 Å². The van der Waals surface area contributed by atoms with Crippen molar-refractivity contribution in [1.82, 2.24) is 19.7 Å². The number of pyridine rings is 1. The quantitative estimate of drug-likeness (QED) is 0.322. The number of halogens is 1. The number of nitrogens with one attached hydrogen (secondary N) is 3. The van der Waals surface area contributed by atoms with Crippen LogP contribution in [-0.4, -0.2) is 29.9 Å². The number of anilines is 1. The van der Waals surface area contributed by atoms with E-state index in [9.17, 15) is 8.42 Å². The van der Waals surface area contributed by atoms with E-state index in [-0.39, 0.29) is 10.7 Å². The highest BCUT2D eigenvalue weighted by Gasteiger charge is 2.19. The van der Waals surface area contributed by atoms with Gasteiger partial charge in [-0.3, -0.25) is 0 Å². The largest absolute Gasteiger partial charge is 0.349 e. The van der Waals surface area contributed by atoms with Crippen molar-refractivity contribution in [2.24, 2.45) is 5.84 Å². The number of sulfonamides is 1. The Kier molecular flexibility index (Phi) is 5.28. The van der Waals surface area contributed by atoms with Crippen LogP contribution >= 0.6 is 15.9 Å². The number of rotatable bonds is 7. The number of aromatic nitrogens is 3. The van der Waals surface area contributed by atoms with E-state index in [1.807, 2.05) is 0 Å². The number of hydrogen-bond acceptors (Lipinski definition) is 6. The third-order valence-corrected chi connectivity index (χ3v) is 4.59. The standard InChI is InChI=1S/C11H15BrN6O2S/c12-8-6-9(11(18-13)16-7-8)21(19,20)17-3-1-2-10-14-4-5-15-10/h4-7,17H,1-3,13H2,(H,14,15)(H,16,18). The monoisotopic (exact) mass is 374 g/mol. The molecule has 2 aromatic heterocycles. The number of imidazole rings is 1. The van der Waals surface area contributed by atoms with Crippen LogP contribution < -0.4 is 16.0 Å². The molecule has 0 unspecified atom stereocenters.